The maximum Gasteiger partial charge on any atom is 0.257 e. The first-order valence-electron chi connectivity index (χ1n) is 8.77. The van der Waals surface area contributed by atoms with Gasteiger partial charge in [-0.3, -0.25) is 14.9 Å². The maximum absolute atomic E-state index is 12.2. The zero-order valence-electron chi connectivity index (χ0n) is 15.4. The number of rotatable bonds is 7. The topological polar surface area (TPSA) is 79.5 Å². The summed E-state index contributed by atoms with van der Waals surface area (Å²) < 4.78 is 5.35. The molecule has 0 radical (unpaired) electrons. The van der Waals surface area contributed by atoms with Crippen LogP contribution in [-0.4, -0.2) is 23.5 Å². The minimum Gasteiger partial charge on any atom is -0.494 e. The minimum absolute atomic E-state index is 0.0173. The van der Waals surface area contributed by atoms with Crippen molar-refractivity contribution in [2.24, 2.45) is 0 Å². The van der Waals surface area contributed by atoms with E-state index in [1.807, 2.05) is 13.8 Å². The molecule has 142 valence electrons. The number of thiocarbonyl (C=S) groups is 1. The van der Waals surface area contributed by atoms with Crippen LogP contribution in [0.1, 0.15) is 37.0 Å². The fourth-order valence-corrected chi connectivity index (χ4v) is 2.50. The van der Waals surface area contributed by atoms with Crippen LogP contribution >= 0.6 is 12.2 Å². The van der Waals surface area contributed by atoms with Gasteiger partial charge in [0.25, 0.3) is 5.91 Å². The fourth-order valence-electron chi connectivity index (χ4n) is 2.29. The third kappa shape index (κ3) is 6.71. The van der Waals surface area contributed by atoms with E-state index in [0.717, 1.165) is 6.42 Å². The van der Waals surface area contributed by atoms with Crippen molar-refractivity contribution in [2.45, 2.75) is 26.7 Å². The molecule has 27 heavy (non-hydrogen) atoms. The molecule has 0 aliphatic heterocycles. The Morgan fingerprint density at radius 2 is 1.52 bits per heavy atom. The fraction of sp³-hybridized carbons (Fsp3) is 0.250. The third-order valence-electron chi connectivity index (χ3n) is 3.56. The first kappa shape index (κ1) is 20.4. The molecule has 0 spiro atoms. The molecule has 0 bridgehead atoms. The highest BCUT2D eigenvalue weighted by atomic mass is 32.1. The van der Waals surface area contributed by atoms with E-state index >= 15 is 0 Å². The normalized spacial score (nSPS) is 10.0. The Kier molecular flexibility index (Phi) is 7.76. The number of amides is 2. The van der Waals surface area contributed by atoms with Crippen LogP contribution in [0.2, 0.25) is 0 Å². The molecule has 2 aromatic carbocycles. The number of carbonyl (C=O) groups excluding carboxylic acids is 2. The quantitative estimate of drug-likeness (QED) is 0.629. The van der Waals surface area contributed by atoms with Crippen molar-refractivity contribution in [2.75, 3.05) is 17.2 Å². The van der Waals surface area contributed by atoms with Crippen molar-refractivity contribution in [1.82, 2.24) is 5.32 Å². The van der Waals surface area contributed by atoms with Gasteiger partial charge in [-0.1, -0.05) is 6.92 Å². The Morgan fingerprint density at radius 1 is 0.926 bits per heavy atom. The van der Waals surface area contributed by atoms with Crippen LogP contribution in [0.4, 0.5) is 11.4 Å². The van der Waals surface area contributed by atoms with Crippen molar-refractivity contribution in [3.63, 3.8) is 0 Å². The summed E-state index contributed by atoms with van der Waals surface area (Å²) in [7, 11) is 0. The number of benzene rings is 2. The molecule has 3 N–H and O–H groups in total. The molecule has 6 nitrogen and oxygen atoms in total. The van der Waals surface area contributed by atoms with Crippen LogP contribution in [0, 0.1) is 0 Å². The summed E-state index contributed by atoms with van der Waals surface area (Å²) in [5, 5.41) is 8.58. The lowest BCUT2D eigenvalue weighted by atomic mass is 10.2. The smallest absolute Gasteiger partial charge is 0.257 e. The van der Waals surface area contributed by atoms with Crippen LogP contribution in [0.25, 0.3) is 0 Å². The molecule has 0 aromatic heterocycles. The van der Waals surface area contributed by atoms with Gasteiger partial charge in [-0.2, -0.15) is 0 Å². The first-order valence-corrected chi connectivity index (χ1v) is 9.17. The second-order valence-corrected chi connectivity index (χ2v) is 6.15. The van der Waals surface area contributed by atoms with Gasteiger partial charge in [0.2, 0.25) is 5.91 Å². The van der Waals surface area contributed by atoms with Gasteiger partial charge in [-0.05, 0) is 74.1 Å². The Hall–Kier alpha value is -2.93. The summed E-state index contributed by atoms with van der Waals surface area (Å²) in [4.78, 5) is 23.8. The van der Waals surface area contributed by atoms with Gasteiger partial charge in [0.1, 0.15) is 5.75 Å². The highest BCUT2D eigenvalue weighted by molar-refractivity contribution is 7.80. The SMILES string of the molecule is CCCC(=O)Nc1ccc(NC(=S)NC(=O)c2ccc(OCC)cc2)cc1. The highest BCUT2D eigenvalue weighted by Crippen LogP contribution is 2.15. The molecule has 0 aliphatic carbocycles. The predicted molar refractivity (Wildman–Crippen MR) is 111 cm³/mol. The monoisotopic (exact) mass is 385 g/mol. The summed E-state index contributed by atoms with van der Waals surface area (Å²) in [5.41, 5.74) is 1.90. The standard InChI is InChI=1S/C20H23N3O3S/c1-3-5-18(24)21-15-8-10-16(11-9-15)22-20(27)23-19(25)14-6-12-17(13-7-14)26-4-2/h6-13H,3-5H2,1-2H3,(H,21,24)(H2,22,23,25,27). The number of anilines is 2. The van der Waals surface area contributed by atoms with Gasteiger partial charge in [-0.15, -0.1) is 0 Å². The van der Waals surface area contributed by atoms with Gasteiger partial charge in [0.05, 0.1) is 6.61 Å². The zero-order valence-corrected chi connectivity index (χ0v) is 16.2. The second kappa shape index (κ2) is 10.3. The van der Waals surface area contributed by atoms with E-state index in [2.05, 4.69) is 16.0 Å². The van der Waals surface area contributed by atoms with Crippen molar-refractivity contribution in [1.29, 1.82) is 0 Å². The van der Waals surface area contributed by atoms with E-state index in [1.165, 1.54) is 0 Å². The lowest BCUT2D eigenvalue weighted by Gasteiger charge is -2.11. The van der Waals surface area contributed by atoms with Crippen LogP contribution in [0.15, 0.2) is 48.5 Å². The summed E-state index contributed by atoms with van der Waals surface area (Å²) in [6.45, 7) is 4.42. The van der Waals surface area contributed by atoms with Crippen LogP contribution in [-0.2, 0) is 4.79 Å². The van der Waals surface area contributed by atoms with Crippen LogP contribution < -0.4 is 20.7 Å². The average Bonchev–Trinajstić information content (AvgIpc) is 2.64. The second-order valence-electron chi connectivity index (χ2n) is 5.74. The maximum atomic E-state index is 12.2. The zero-order chi connectivity index (χ0) is 19.6. The van der Waals surface area contributed by atoms with Gasteiger partial charge in [0, 0.05) is 23.4 Å². The van der Waals surface area contributed by atoms with Gasteiger partial charge < -0.3 is 15.4 Å². The third-order valence-corrected chi connectivity index (χ3v) is 3.76. The van der Waals surface area contributed by atoms with E-state index in [0.29, 0.717) is 35.7 Å². The van der Waals surface area contributed by atoms with Gasteiger partial charge >= 0.3 is 0 Å². The molecular formula is C20H23N3O3S. The molecule has 2 aromatic rings. The Balaban J connectivity index is 1.87. The van der Waals surface area contributed by atoms with E-state index < -0.39 is 0 Å². The lowest BCUT2D eigenvalue weighted by molar-refractivity contribution is -0.116. The van der Waals surface area contributed by atoms with E-state index in [9.17, 15) is 9.59 Å². The first-order chi connectivity index (χ1) is 13.0. The number of ether oxygens (including phenoxy) is 1. The minimum atomic E-state index is -0.306. The van der Waals surface area contributed by atoms with E-state index in [-0.39, 0.29) is 16.9 Å². The van der Waals surface area contributed by atoms with Gasteiger partial charge in [-0.25, -0.2) is 0 Å². The molecule has 7 heteroatoms. The van der Waals surface area contributed by atoms with Crippen molar-refractivity contribution in [3.8, 4) is 5.75 Å². The molecule has 0 atom stereocenters. The molecule has 0 saturated heterocycles. The largest absolute Gasteiger partial charge is 0.494 e. The molecule has 0 saturated carbocycles. The molecule has 2 rings (SSSR count). The number of carbonyl (C=O) groups is 2. The molecular weight excluding hydrogens is 362 g/mol. The Bertz CT molecular complexity index is 789. The number of hydrogen-bond acceptors (Lipinski definition) is 4. The number of hydrogen-bond donors (Lipinski definition) is 3. The molecule has 0 heterocycles. The summed E-state index contributed by atoms with van der Waals surface area (Å²) in [6, 6.07) is 13.9. The summed E-state index contributed by atoms with van der Waals surface area (Å²) in [5.74, 6) is 0.385. The van der Waals surface area contributed by atoms with E-state index in [4.69, 9.17) is 17.0 Å². The van der Waals surface area contributed by atoms with E-state index in [1.54, 1.807) is 48.5 Å². The average molecular weight is 385 g/mol. The summed E-state index contributed by atoms with van der Waals surface area (Å²) in [6.07, 6.45) is 1.29. The molecule has 2 amide bonds. The summed E-state index contributed by atoms with van der Waals surface area (Å²) >= 11 is 5.18. The Labute approximate surface area is 164 Å². The van der Waals surface area contributed by atoms with Gasteiger partial charge in [0.15, 0.2) is 5.11 Å². The van der Waals surface area contributed by atoms with Crippen LogP contribution in [0.3, 0.4) is 0 Å². The van der Waals surface area contributed by atoms with Crippen molar-refractivity contribution >= 4 is 40.5 Å². The molecule has 0 unspecified atom stereocenters. The van der Waals surface area contributed by atoms with Crippen LogP contribution in [0.5, 0.6) is 5.75 Å². The lowest BCUT2D eigenvalue weighted by Crippen LogP contribution is -2.34. The highest BCUT2D eigenvalue weighted by Gasteiger charge is 2.08. The van der Waals surface area contributed by atoms with Crippen molar-refractivity contribution < 1.29 is 14.3 Å². The number of nitrogens with one attached hydrogen (secondary N) is 3. The molecule has 0 aliphatic rings. The molecule has 0 fully saturated rings. The Morgan fingerprint density at radius 3 is 2.07 bits per heavy atom. The van der Waals surface area contributed by atoms with Crippen molar-refractivity contribution in [3.05, 3.63) is 54.1 Å². The predicted octanol–water partition coefficient (Wildman–Crippen LogP) is 3.95.